The molecular formula is C31H43NO11. The van der Waals surface area contributed by atoms with E-state index in [1.807, 2.05) is 0 Å². The number of aliphatic hydroxyl groups excluding tert-OH is 2. The van der Waals surface area contributed by atoms with Gasteiger partial charge in [-0.1, -0.05) is 0 Å². The molecule has 1 unspecified atom stereocenters. The van der Waals surface area contributed by atoms with Crippen LogP contribution in [-0.4, -0.2) is 129 Å². The van der Waals surface area contributed by atoms with Crippen molar-refractivity contribution in [2.75, 3.05) is 48.7 Å². The number of hydrogen-bond donors (Lipinski definition) is 5. The molecule has 5 aliphatic carbocycles. The van der Waals surface area contributed by atoms with Crippen molar-refractivity contribution in [3.63, 3.8) is 0 Å². The third kappa shape index (κ3) is 3.29. The van der Waals surface area contributed by atoms with Gasteiger partial charge in [0, 0.05) is 76.0 Å². The summed E-state index contributed by atoms with van der Waals surface area (Å²) in [5, 5.41) is 52.8. The second kappa shape index (κ2) is 9.81. The third-order valence-electron chi connectivity index (χ3n) is 12.6. The molecular weight excluding hydrogens is 562 g/mol. The Bertz CT molecular complexity index is 1260. The maximum atomic E-state index is 13.6. The van der Waals surface area contributed by atoms with E-state index in [9.17, 15) is 25.2 Å². The minimum atomic E-state index is -1.88. The number of hydrogen-bond acceptors (Lipinski definition) is 12. The zero-order chi connectivity index (χ0) is 30.7. The summed E-state index contributed by atoms with van der Waals surface area (Å²) in [5.74, 6) is -2.54. The first-order chi connectivity index (χ1) is 20.6. The van der Waals surface area contributed by atoms with Gasteiger partial charge >= 0.3 is 5.97 Å². The predicted molar refractivity (Wildman–Crippen MR) is 148 cm³/mol. The lowest BCUT2D eigenvalue weighted by Gasteiger charge is -2.68. The zero-order valence-corrected chi connectivity index (χ0v) is 25.1. The van der Waals surface area contributed by atoms with Crippen molar-refractivity contribution in [2.24, 2.45) is 34.5 Å². The Labute approximate surface area is 250 Å². The molecule has 6 aliphatic rings. The molecule has 1 aromatic carbocycles. The van der Waals surface area contributed by atoms with Crippen LogP contribution in [0.25, 0.3) is 0 Å². The number of esters is 1. The molecule has 0 amide bonds. The van der Waals surface area contributed by atoms with Gasteiger partial charge in [-0.2, -0.15) is 0 Å². The van der Waals surface area contributed by atoms with E-state index in [0.29, 0.717) is 18.7 Å². The first-order valence-corrected chi connectivity index (χ1v) is 15.0. The molecule has 1 spiro atoms. The van der Waals surface area contributed by atoms with Gasteiger partial charge in [-0.25, -0.2) is 4.79 Å². The Morgan fingerprint density at radius 1 is 0.977 bits per heavy atom. The van der Waals surface area contributed by atoms with Gasteiger partial charge in [-0.15, -0.1) is 0 Å². The number of carbonyl (C=O) groups excluding carboxylic acids is 1. The molecule has 6 fully saturated rings. The van der Waals surface area contributed by atoms with Crippen molar-refractivity contribution in [2.45, 2.75) is 66.7 Å². The molecule has 43 heavy (non-hydrogen) atoms. The minimum absolute atomic E-state index is 0.0763. The quantitative estimate of drug-likeness (QED) is 0.238. The number of carbonyl (C=O) groups is 1. The van der Waals surface area contributed by atoms with Crippen molar-refractivity contribution in [3.8, 4) is 5.75 Å². The maximum Gasteiger partial charge on any atom is 0.338 e. The van der Waals surface area contributed by atoms with Crippen LogP contribution in [0.15, 0.2) is 24.3 Å². The van der Waals surface area contributed by atoms with Crippen LogP contribution in [0.2, 0.25) is 0 Å². The van der Waals surface area contributed by atoms with Gasteiger partial charge in [-0.3, -0.25) is 0 Å². The Balaban J connectivity index is 1.41. The number of ether oxygens (including phenoxy) is 6. The smallest absolute Gasteiger partial charge is 0.338 e. The van der Waals surface area contributed by atoms with Crippen molar-refractivity contribution >= 4 is 5.97 Å². The molecule has 1 aliphatic heterocycles. The SMILES string of the molecule is COC[C@]12CN[C@@H]3[C@@H]4[C@H](OC)[C@H]1[C@@]3([C@@H](OC)CC2O)[C@@H]1C[C@]2(O)[C@H](OC(=O)c3ccc(OC)cc3)[C@@H]1[C@]4(O)[C@@H](O)[C@@H]2OC. The van der Waals surface area contributed by atoms with Gasteiger partial charge in [0.1, 0.15) is 35.3 Å². The lowest BCUT2D eigenvalue weighted by Crippen LogP contribution is -2.80. The van der Waals surface area contributed by atoms with E-state index in [2.05, 4.69) is 5.32 Å². The van der Waals surface area contributed by atoms with Crippen molar-refractivity contribution in [1.82, 2.24) is 5.32 Å². The second-order valence-corrected chi connectivity index (χ2v) is 13.6. The summed E-state index contributed by atoms with van der Waals surface area (Å²) in [6.07, 6.45) is -5.47. The first-order valence-electron chi connectivity index (χ1n) is 15.0. The van der Waals surface area contributed by atoms with Crippen LogP contribution in [0.4, 0.5) is 0 Å². The van der Waals surface area contributed by atoms with Crippen molar-refractivity contribution in [1.29, 1.82) is 0 Å². The number of nitrogens with one attached hydrogen (secondary N) is 1. The fourth-order valence-electron chi connectivity index (χ4n) is 11.4. The largest absolute Gasteiger partial charge is 0.497 e. The zero-order valence-electron chi connectivity index (χ0n) is 25.1. The van der Waals surface area contributed by atoms with E-state index in [-0.39, 0.29) is 30.6 Å². The fourth-order valence-corrected chi connectivity index (χ4v) is 11.4. The van der Waals surface area contributed by atoms with E-state index in [0.717, 1.165) is 0 Å². The minimum Gasteiger partial charge on any atom is -0.497 e. The van der Waals surface area contributed by atoms with Crippen LogP contribution in [0.3, 0.4) is 0 Å². The molecule has 238 valence electrons. The monoisotopic (exact) mass is 605 g/mol. The standard InChI is InChI=1S/C31H43NO11/c1-38-13-28-12-32-23-20-21(41-4)22(28)30(23,18(40-3)10-17(28)33)16-11-29(36)25(19(16)31(20,37)24(34)26(29)42-5)43-27(35)14-6-8-15(39-2)9-7-14/h6-9,16-26,32-34,36-37H,10-13H2,1-5H3/t16-,17?,18+,19-,20+,21+,22-,23-,24+,25-,26+,28+,29+,30+,31-/m1/s1. The average molecular weight is 606 g/mol. The number of piperidine rings is 1. The summed E-state index contributed by atoms with van der Waals surface area (Å²) in [7, 11) is 7.71. The summed E-state index contributed by atoms with van der Waals surface area (Å²) in [5.41, 5.74) is -4.99. The van der Waals surface area contributed by atoms with Gasteiger partial charge in [0.15, 0.2) is 0 Å². The van der Waals surface area contributed by atoms with E-state index >= 15 is 0 Å². The Kier molecular flexibility index (Phi) is 6.81. The van der Waals surface area contributed by atoms with Gasteiger partial charge < -0.3 is 54.2 Å². The third-order valence-corrected chi connectivity index (χ3v) is 12.6. The normalized spacial score (nSPS) is 52.2. The molecule has 1 aromatic rings. The highest BCUT2D eigenvalue weighted by Gasteiger charge is 2.90. The molecule has 5 N–H and O–H groups in total. The van der Waals surface area contributed by atoms with E-state index in [1.165, 1.54) is 14.2 Å². The topological polar surface area (TPSA) is 165 Å². The molecule has 12 nitrogen and oxygen atoms in total. The van der Waals surface area contributed by atoms with Gasteiger partial charge in [0.2, 0.25) is 0 Å². The van der Waals surface area contributed by atoms with E-state index in [4.69, 9.17) is 28.4 Å². The molecule has 7 bridgehead atoms. The number of aliphatic hydroxyl groups is 4. The number of methoxy groups -OCH3 is 5. The highest BCUT2D eigenvalue weighted by molar-refractivity contribution is 5.89. The summed E-state index contributed by atoms with van der Waals surface area (Å²) in [6, 6.07) is 6.06. The molecule has 0 radical (unpaired) electrons. The Morgan fingerprint density at radius 2 is 1.70 bits per heavy atom. The Hall–Kier alpha value is -1.87. The highest BCUT2D eigenvalue weighted by Crippen LogP contribution is 2.78. The Morgan fingerprint density at radius 3 is 2.30 bits per heavy atom. The molecule has 12 heteroatoms. The van der Waals surface area contributed by atoms with Crippen molar-refractivity contribution < 1.29 is 53.6 Å². The maximum absolute atomic E-state index is 13.6. The summed E-state index contributed by atoms with van der Waals surface area (Å²) in [4.78, 5) is 13.6. The van der Waals surface area contributed by atoms with E-state index in [1.54, 1.807) is 45.6 Å². The number of fused-ring (bicyclic) bond motifs is 2. The average Bonchev–Trinajstić information content (AvgIpc) is 3.36. The van der Waals surface area contributed by atoms with Crippen LogP contribution in [0.5, 0.6) is 5.75 Å². The summed E-state index contributed by atoms with van der Waals surface area (Å²) >= 11 is 0. The molecule has 15 atom stereocenters. The molecule has 7 rings (SSSR count). The van der Waals surface area contributed by atoms with Crippen LogP contribution in [-0.2, 0) is 23.7 Å². The van der Waals surface area contributed by atoms with Crippen LogP contribution < -0.4 is 10.1 Å². The van der Waals surface area contributed by atoms with E-state index < -0.39 is 82.4 Å². The van der Waals surface area contributed by atoms with Crippen LogP contribution in [0.1, 0.15) is 23.2 Å². The summed E-state index contributed by atoms with van der Waals surface area (Å²) < 4.78 is 35.3. The van der Waals surface area contributed by atoms with Crippen LogP contribution in [0, 0.1) is 34.5 Å². The second-order valence-electron chi connectivity index (χ2n) is 13.6. The molecule has 5 saturated carbocycles. The van der Waals surface area contributed by atoms with Gasteiger partial charge in [-0.05, 0) is 36.6 Å². The first kappa shape index (κ1) is 29.8. The van der Waals surface area contributed by atoms with Gasteiger partial charge in [0.25, 0.3) is 0 Å². The molecule has 0 aromatic heterocycles. The fraction of sp³-hybridized carbons (Fsp3) is 0.774. The lowest BCUT2D eigenvalue weighted by atomic mass is 9.43. The number of rotatable bonds is 8. The molecule has 1 saturated heterocycles. The molecule has 1 heterocycles. The van der Waals surface area contributed by atoms with Crippen LogP contribution >= 0.6 is 0 Å². The highest BCUT2D eigenvalue weighted by atomic mass is 16.6. The van der Waals surface area contributed by atoms with Crippen molar-refractivity contribution in [3.05, 3.63) is 29.8 Å². The van der Waals surface area contributed by atoms with Gasteiger partial charge in [0.05, 0.1) is 37.6 Å². The summed E-state index contributed by atoms with van der Waals surface area (Å²) in [6.45, 7) is 0.659. The lowest BCUT2D eigenvalue weighted by molar-refractivity contribution is -0.307. The predicted octanol–water partition coefficient (Wildman–Crippen LogP) is -0.646. The number of benzene rings is 1.